The van der Waals surface area contributed by atoms with Crippen LogP contribution in [0.2, 0.25) is 15.1 Å². The fourth-order valence-corrected chi connectivity index (χ4v) is 3.27. The van der Waals surface area contributed by atoms with Gasteiger partial charge in [-0.05, 0) is 36.8 Å². The second kappa shape index (κ2) is 6.52. The second-order valence-corrected chi connectivity index (χ2v) is 6.42. The van der Waals surface area contributed by atoms with Crippen LogP contribution in [0.4, 0.5) is 10.1 Å². The molecular weight excluding hydrogens is 387 g/mol. The maximum Gasteiger partial charge on any atom is 0.141 e. The summed E-state index contributed by atoms with van der Waals surface area (Å²) in [5, 5.41) is 4.30. The zero-order valence-corrected chi connectivity index (χ0v) is 14.2. The molecule has 1 nitrogen and oxygen atoms in total. The topological polar surface area (TPSA) is 12.0 Å². The van der Waals surface area contributed by atoms with Crippen LogP contribution in [0.3, 0.4) is 0 Å². The van der Waals surface area contributed by atoms with E-state index in [0.717, 1.165) is 10.0 Å². The van der Waals surface area contributed by atoms with Crippen molar-refractivity contribution in [2.24, 2.45) is 0 Å². The van der Waals surface area contributed by atoms with E-state index < -0.39 is 5.82 Å². The molecule has 0 radical (unpaired) electrons. The first-order chi connectivity index (χ1) is 9.38. The van der Waals surface area contributed by atoms with Crippen molar-refractivity contribution in [1.82, 2.24) is 0 Å². The first-order valence-electron chi connectivity index (χ1n) is 5.74. The van der Waals surface area contributed by atoms with Crippen molar-refractivity contribution in [3.63, 3.8) is 0 Å². The first-order valence-corrected chi connectivity index (χ1v) is 7.67. The third-order valence-corrected chi connectivity index (χ3v) is 4.16. The summed E-state index contributed by atoms with van der Waals surface area (Å²) in [6, 6.07) is 7.96. The third kappa shape index (κ3) is 3.59. The van der Waals surface area contributed by atoms with E-state index in [2.05, 4.69) is 21.2 Å². The highest BCUT2D eigenvalue weighted by atomic mass is 79.9. The fraction of sp³-hybridized carbons (Fsp3) is 0.143. The van der Waals surface area contributed by atoms with Crippen LogP contribution in [-0.4, -0.2) is 0 Å². The Kier molecular flexibility index (Phi) is 5.19. The van der Waals surface area contributed by atoms with Gasteiger partial charge in [-0.15, -0.1) is 0 Å². The Labute approximate surface area is 140 Å². The molecule has 106 valence electrons. The van der Waals surface area contributed by atoms with E-state index in [4.69, 9.17) is 34.8 Å². The molecule has 1 N–H and O–H groups in total. The normalized spacial score (nSPS) is 12.3. The average Bonchev–Trinajstić information content (AvgIpc) is 2.36. The zero-order chi connectivity index (χ0) is 14.9. The van der Waals surface area contributed by atoms with Gasteiger partial charge >= 0.3 is 0 Å². The summed E-state index contributed by atoms with van der Waals surface area (Å²) in [5.74, 6) is -0.442. The first kappa shape index (κ1) is 15.9. The van der Waals surface area contributed by atoms with Crippen LogP contribution in [-0.2, 0) is 0 Å². The highest BCUT2D eigenvalue weighted by Gasteiger charge is 2.13. The SMILES string of the molecule is CC(Nc1c(Cl)cc(Br)cc1Cl)c1ccc(F)c(Cl)c1. The molecule has 0 bridgehead atoms. The molecule has 20 heavy (non-hydrogen) atoms. The van der Waals surface area contributed by atoms with Crippen molar-refractivity contribution >= 4 is 56.4 Å². The minimum atomic E-state index is -0.442. The van der Waals surface area contributed by atoms with Gasteiger partial charge in [-0.25, -0.2) is 4.39 Å². The van der Waals surface area contributed by atoms with E-state index in [1.807, 2.05) is 6.92 Å². The Bertz CT molecular complexity index is 625. The van der Waals surface area contributed by atoms with Gasteiger partial charge in [0.2, 0.25) is 0 Å². The average molecular weight is 398 g/mol. The molecule has 2 aromatic carbocycles. The number of halogens is 5. The van der Waals surface area contributed by atoms with E-state index in [1.165, 1.54) is 6.07 Å². The van der Waals surface area contributed by atoms with E-state index in [9.17, 15) is 4.39 Å². The van der Waals surface area contributed by atoms with Crippen LogP contribution in [0.25, 0.3) is 0 Å². The van der Waals surface area contributed by atoms with Gasteiger partial charge in [-0.1, -0.05) is 56.8 Å². The molecular formula is C14H10BrCl3FN. The monoisotopic (exact) mass is 395 g/mol. The molecule has 0 aliphatic heterocycles. The number of benzene rings is 2. The molecule has 0 aliphatic carbocycles. The number of hydrogen-bond acceptors (Lipinski definition) is 1. The summed E-state index contributed by atoms with van der Waals surface area (Å²) in [7, 11) is 0. The molecule has 6 heteroatoms. The lowest BCUT2D eigenvalue weighted by molar-refractivity contribution is 0.627. The highest BCUT2D eigenvalue weighted by molar-refractivity contribution is 9.10. The number of rotatable bonds is 3. The summed E-state index contributed by atoms with van der Waals surface area (Å²) in [5.41, 5.74) is 1.47. The predicted octanol–water partition coefficient (Wildman–Crippen LogP) is 6.72. The van der Waals surface area contributed by atoms with Gasteiger partial charge in [-0.3, -0.25) is 0 Å². The van der Waals surface area contributed by atoms with Crippen molar-refractivity contribution in [3.05, 3.63) is 61.3 Å². The number of nitrogens with one attached hydrogen (secondary N) is 1. The Balaban J connectivity index is 2.27. The standard InChI is InChI=1S/C14H10BrCl3FN/c1-7(8-2-3-13(19)10(16)4-8)20-14-11(17)5-9(15)6-12(14)18/h2-7,20H,1H3. The number of hydrogen-bond donors (Lipinski definition) is 1. The lowest BCUT2D eigenvalue weighted by Crippen LogP contribution is -2.07. The van der Waals surface area contributed by atoms with Crippen LogP contribution >= 0.6 is 50.7 Å². The van der Waals surface area contributed by atoms with Gasteiger partial charge < -0.3 is 5.32 Å². The molecule has 1 unspecified atom stereocenters. The molecule has 0 spiro atoms. The minimum Gasteiger partial charge on any atom is -0.376 e. The number of anilines is 1. The molecule has 0 fully saturated rings. The molecule has 0 heterocycles. The lowest BCUT2D eigenvalue weighted by atomic mass is 10.1. The van der Waals surface area contributed by atoms with Gasteiger partial charge in [0.1, 0.15) is 5.82 Å². The zero-order valence-electron chi connectivity index (χ0n) is 10.4. The molecule has 2 rings (SSSR count). The molecule has 0 aromatic heterocycles. The molecule has 0 amide bonds. The Hall–Kier alpha value is -0.480. The van der Waals surface area contributed by atoms with Gasteiger partial charge in [0.15, 0.2) is 0 Å². The third-order valence-electron chi connectivity index (χ3n) is 2.81. The smallest absolute Gasteiger partial charge is 0.141 e. The van der Waals surface area contributed by atoms with Crippen LogP contribution in [0.1, 0.15) is 18.5 Å². The van der Waals surface area contributed by atoms with Gasteiger partial charge in [0.05, 0.1) is 20.8 Å². The van der Waals surface area contributed by atoms with Crippen molar-refractivity contribution in [2.75, 3.05) is 5.32 Å². The van der Waals surface area contributed by atoms with E-state index >= 15 is 0 Å². The van der Waals surface area contributed by atoms with Crippen molar-refractivity contribution in [2.45, 2.75) is 13.0 Å². The molecule has 0 saturated heterocycles. The second-order valence-electron chi connectivity index (χ2n) is 4.28. The molecule has 0 saturated carbocycles. The van der Waals surface area contributed by atoms with Crippen LogP contribution < -0.4 is 5.32 Å². The largest absolute Gasteiger partial charge is 0.376 e. The van der Waals surface area contributed by atoms with E-state index in [0.29, 0.717) is 15.7 Å². The fourth-order valence-electron chi connectivity index (χ4n) is 1.76. The van der Waals surface area contributed by atoms with E-state index in [-0.39, 0.29) is 11.1 Å². The summed E-state index contributed by atoms with van der Waals surface area (Å²) >= 11 is 21.4. The molecule has 2 aromatic rings. The maximum absolute atomic E-state index is 13.2. The Morgan fingerprint density at radius 3 is 2.20 bits per heavy atom. The predicted molar refractivity (Wildman–Crippen MR) is 87.6 cm³/mol. The van der Waals surface area contributed by atoms with Crippen LogP contribution in [0, 0.1) is 5.82 Å². The quantitative estimate of drug-likeness (QED) is 0.606. The van der Waals surface area contributed by atoms with Crippen LogP contribution in [0.5, 0.6) is 0 Å². The van der Waals surface area contributed by atoms with Gasteiger partial charge in [0, 0.05) is 10.5 Å². The van der Waals surface area contributed by atoms with E-state index in [1.54, 1.807) is 24.3 Å². The Morgan fingerprint density at radius 1 is 1.05 bits per heavy atom. The molecule has 1 atom stereocenters. The molecule has 0 aliphatic rings. The van der Waals surface area contributed by atoms with Crippen molar-refractivity contribution in [1.29, 1.82) is 0 Å². The minimum absolute atomic E-state index is 0.0872. The van der Waals surface area contributed by atoms with Crippen LogP contribution in [0.15, 0.2) is 34.8 Å². The van der Waals surface area contributed by atoms with Gasteiger partial charge in [0.25, 0.3) is 0 Å². The van der Waals surface area contributed by atoms with Crippen molar-refractivity contribution in [3.8, 4) is 0 Å². The summed E-state index contributed by atoms with van der Waals surface area (Å²) in [6.07, 6.45) is 0. The Morgan fingerprint density at radius 2 is 1.65 bits per heavy atom. The summed E-state index contributed by atoms with van der Waals surface area (Å²) < 4.78 is 14.0. The lowest BCUT2D eigenvalue weighted by Gasteiger charge is -2.18. The summed E-state index contributed by atoms with van der Waals surface area (Å²) in [4.78, 5) is 0. The van der Waals surface area contributed by atoms with Gasteiger partial charge in [-0.2, -0.15) is 0 Å². The maximum atomic E-state index is 13.2. The highest BCUT2D eigenvalue weighted by Crippen LogP contribution is 2.36. The van der Waals surface area contributed by atoms with Crippen molar-refractivity contribution < 1.29 is 4.39 Å². The summed E-state index contributed by atoms with van der Waals surface area (Å²) in [6.45, 7) is 1.91.